The summed E-state index contributed by atoms with van der Waals surface area (Å²) in [5.74, 6) is 0. The topological polar surface area (TPSA) is 0 Å². The van der Waals surface area contributed by atoms with Crippen LogP contribution in [-0.2, 0) is 0 Å². The highest BCUT2D eigenvalue weighted by molar-refractivity contribution is 4.75. The van der Waals surface area contributed by atoms with Crippen LogP contribution >= 0.6 is 0 Å². The molecule has 0 rings (SSSR count). The van der Waals surface area contributed by atoms with Crippen molar-refractivity contribution < 1.29 is 13.2 Å². The first-order valence-corrected chi connectivity index (χ1v) is 2.26. The van der Waals surface area contributed by atoms with E-state index in [-0.39, 0.29) is 6.08 Å². The first-order valence-electron chi connectivity index (χ1n) is 2.26. The Hall–Kier alpha value is -0.470. The van der Waals surface area contributed by atoms with Crippen LogP contribution in [0.3, 0.4) is 0 Å². The van der Waals surface area contributed by atoms with Crippen molar-refractivity contribution in [1.29, 1.82) is 0 Å². The highest BCUT2D eigenvalue weighted by Gasteiger charge is 2.19. The maximum Gasteiger partial charge on any atom is 0.409 e. The Morgan fingerprint density at radius 2 is 1.38 bits per heavy atom. The van der Waals surface area contributed by atoms with Gasteiger partial charge in [0.25, 0.3) is 0 Å². The second-order valence-electron chi connectivity index (χ2n) is 0.746. The van der Waals surface area contributed by atoms with Gasteiger partial charge in [-0.25, -0.2) is 0 Å². The van der Waals surface area contributed by atoms with E-state index in [1.165, 1.54) is 0 Å². The van der Waals surface area contributed by atoms with Crippen LogP contribution in [0.2, 0.25) is 0 Å². The Labute approximate surface area is 47.0 Å². The van der Waals surface area contributed by atoms with E-state index in [0.717, 1.165) is 0 Å². The fourth-order valence-corrected chi connectivity index (χ4v) is 0. The van der Waals surface area contributed by atoms with Crippen molar-refractivity contribution in [2.24, 2.45) is 0 Å². The minimum atomic E-state index is -4.19. The number of hydrogen-bond acceptors (Lipinski definition) is 0. The first-order chi connectivity index (χ1) is 3.56. The molecule has 3 heteroatoms. The molecule has 0 aliphatic heterocycles. The molecule has 0 nitrogen and oxygen atoms in total. The molecule has 0 saturated carbocycles. The molecule has 0 spiro atoms. The van der Waals surface area contributed by atoms with Crippen molar-refractivity contribution in [3.8, 4) is 0 Å². The van der Waals surface area contributed by atoms with E-state index in [1.807, 2.05) is 13.8 Å². The molecule has 0 bridgehead atoms. The number of hydrogen-bond donors (Lipinski definition) is 0. The van der Waals surface area contributed by atoms with Gasteiger partial charge < -0.3 is 0 Å². The van der Waals surface area contributed by atoms with Gasteiger partial charge >= 0.3 is 6.18 Å². The van der Waals surface area contributed by atoms with E-state index in [2.05, 4.69) is 6.58 Å². The highest BCUT2D eigenvalue weighted by Crippen LogP contribution is 2.13. The van der Waals surface area contributed by atoms with Gasteiger partial charge in [0.15, 0.2) is 0 Å². The third-order valence-corrected chi connectivity index (χ3v) is 0.231. The van der Waals surface area contributed by atoms with Crippen LogP contribution < -0.4 is 0 Å². The molecular formula is C5H9F3. The smallest absolute Gasteiger partial charge is 0.167 e. The molecule has 0 N–H and O–H groups in total. The molecular weight excluding hydrogens is 117 g/mol. The highest BCUT2D eigenvalue weighted by atomic mass is 19.4. The Bertz CT molecular complexity index is 53.2. The second kappa shape index (κ2) is 4.68. The van der Waals surface area contributed by atoms with E-state index in [0.29, 0.717) is 0 Å². The molecule has 0 aliphatic carbocycles. The number of allylic oxidation sites excluding steroid dienone is 1. The Kier molecular flexibility index (Phi) is 6.15. The molecule has 0 amide bonds. The van der Waals surface area contributed by atoms with Crippen LogP contribution in [0.1, 0.15) is 13.8 Å². The monoisotopic (exact) mass is 126 g/mol. The van der Waals surface area contributed by atoms with Crippen LogP contribution in [0, 0.1) is 0 Å². The standard InChI is InChI=1S/C3H3F3.C2H6/c1-2-3(4,5)6;1-2/h2H,1H2;1-2H3. The van der Waals surface area contributed by atoms with Crippen molar-refractivity contribution in [2.75, 3.05) is 0 Å². The third kappa shape index (κ3) is 17.7. The number of alkyl halides is 3. The van der Waals surface area contributed by atoms with Crippen molar-refractivity contribution in [2.45, 2.75) is 20.0 Å². The lowest BCUT2D eigenvalue weighted by molar-refractivity contribution is -0.0795. The predicted molar refractivity (Wildman–Crippen MR) is 27.6 cm³/mol. The SMILES string of the molecule is C=CC(F)(F)F.CC. The van der Waals surface area contributed by atoms with Gasteiger partial charge in [0, 0.05) is 6.08 Å². The summed E-state index contributed by atoms with van der Waals surface area (Å²) in [6.45, 7) is 6.51. The molecule has 0 aromatic rings. The molecule has 0 aromatic heterocycles. The molecule has 50 valence electrons. The van der Waals surface area contributed by atoms with Crippen LogP contribution in [-0.4, -0.2) is 6.18 Å². The quantitative estimate of drug-likeness (QED) is 0.438. The second-order valence-corrected chi connectivity index (χ2v) is 0.746. The van der Waals surface area contributed by atoms with E-state index >= 15 is 0 Å². The summed E-state index contributed by atoms with van der Waals surface area (Å²) in [7, 11) is 0. The summed E-state index contributed by atoms with van der Waals surface area (Å²) in [6, 6.07) is 0. The van der Waals surface area contributed by atoms with Crippen LogP contribution in [0.5, 0.6) is 0 Å². The number of rotatable bonds is 0. The third-order valence-electron chi connectivity index (χ3n) is 0.231. The fraction of sp³-hybridized carbons (Fsp3) is 0.600. The largest absolute Gasteiger partial charge is 0.409 e. The summed E-state index contributed by atoms with van der Waals surface area (Å²) >= 11 is 0. The van der Waals surface area contributed by atoms with Crippen LogP contribution in [0.4, 0.5) is 13.2 Å². The Balaban J connectivity index is 0. The lowest BCUT2D eigenvalue weighted by atomic mass is 10.6. The van der Waals surface area contributed by atoms with Crippen molar-refractivity contribution in [3.05, 3.63) is 12.7 Å². The van der Waals surface area contributed by atoms with Gasteiger partial charge in [-0.2, -0.15) is 13.2 Å². The lowest BCUT2D eigenvalue weighted by Gasteiger charge is -1.91. The first kappa shape index (κ1) is 10.5. The van der Waals surface area contributed by atoms with Gasteiger partial charge in [-0.3, -0.25) is 0 Å². The van der Waals surface area contributed by atoms with Gasteiger partial charge in [-0.05, 0) is 0 Å². The molecule has 0 radical (unpaired) electrons. The average Bonchev–Trinajstić information content (AvgIpc) is 1.71. The van der Waals surface area contributed by atoms with Crippen molar-refractivity contribution in [1.82, 2.24) is 0 Å². The van der Waals surface area contributed by atoms with Gasteiger partial charge in [0.05, 0.1) is 0 Å². The summed E-state index contributed by atoms with van der Waals surface area (Å²) in [4.78, 5) is 0. The summed E-state index contributed by atoms with van der Waals surface area (Å²) < 4.78 is 32.0. The molecule has 0 atom stereocenters. The zero-order valence-electron chi connectivity index (χ0n) is 4.92. The van der Waals surface area contributed by atoms with Crippen LogP contribution in [0.15, 0.2) is 12.7 Å². The molecule has 8 heavy (non-hydrogen) atoms. The van der Waals surface area contributed by atoms with Gasteiger partial charge in [-0.15, -0.1) is 0 Å². The van der Waals surface area contributed by atoms with Gasteiger partial charge in [0.1, 0.15) is 0 Å². The van der Waals surface area contributed by atoms with Crippen LogP contribution in [0.25, 0.3) is 0 Å². The van der Waals surface area contributed by atoms with E-state index in [1.54, 1.807) is 0 Å². The minimum absolute atomic E-state index is 0.0625. The summed E-state index contributed by atoms with van der Waals surface area (Å²) in [5.41, 5.74) is 0. The van der Waals surface area contributed by atoms with Crippen molar-refractivity contribution >= 4 is 0 Å². The fourth-order valence-electron chi connectivity index (χ4n) is 0. The average molecular weight is 126 g/mol. The molecule has 0 aromatic carbocycles. The maximum atomic E-state index is 10.7. The molecule has 0 fully saturated rings. The molecule has 0 unspecified atom stereocenters. The van der Waals surface area contributed by atoms with E-state index < -0.39 is 6.18 Å². The summed E-state index contributed by atoms with van der Waals surface area (Å²) in [5, 5.41) is 0. The maximum absolute atomic E-state index is 10.7. The Morgan fingerprint density at radius 1 is 1.25 bits per heavy atom. The van der Waals surface area contributed by atoms with E-state index in [9.17, 15) is 13.2 Å². The predicted octanol–water partition coefficient (Wildman–Crippen LogP) is 2.76. The van der Waals surface area contributed by atoms with E-state index in [4.69, 9.17) is 0 Å². The Morgan fingerprint density at radius 3 is 1.38 bits per heavy atom. The minimum Gasteiger partial charge on any atom is -0.167 e. The molecule has 0 aliphatic rings. The number of halogens is 3. The molecule has 0 saturated heterocycles. The zero-order chi connectivity index (χ0) is 7.21. The van der Waals surface area contributed by atoms with Gasteiger partial charge in [-0.1, -0.05) is 20.4 Å². The van der Waals surface area contributed by atoms with Crippen molar-refractivity contribution in [3.63, 3.8) is 0 Å². The zero-order valence-corrected chi connectivity index (χ0v) is 4.92. The lowest BCUT2D eigenvalue weighted by Crippen LogP contribution is -1.98. The summed E-state index contributed by atoms with van der Waals surface area (Å²) in [6.07, 6.45) is -4.26. The molecule has 0 heterocycles. The normalized spacial score (nSPS) is 9.12. The van der Waals surface area contributed by atoms with Gasteiger partial charge in [0.2, 0.25) is 0 Å².